The summed E-state index contributed by atoms with van der Waals surface area (Å²) in [5.74, 6) is 0.801. The van der Waals surface area contributed by atoms with Crippen LogP contribution in [0.1, 0.15) is 46.5 Å². The SMILES string of the molecule is CCC(=O)COCCNC(=O)CCCC(C)C. The van der Waals surface area contributed by atoms with Crippen LogP contribution in [0, 0.1) is 5.92 Å². The third-order valence-electron chi connectivity index (χ3n) is 2.41. The summed E-state index contributed by atoms with van der Waals surface area (Å²) >= 11 is 0. The molecule has 0 aliphatic rings. The molecule has 100 valence electrons. The van der Waals surface area contributed by atoms with Gasteiger partial charge in [-0.3, -0.25) is 9.59 Å². The molecule has 4 heteroatoms. The summed E-state index contributed by atoms with van der Waals surface area (Å²) < 4.78 is 5.12. The number of amides is 1. The van der Waals surface area contributed by atoms with Gasteiger partial charge in [-0.1, -0.05) is 27.2 Å². The Hall–Kier alpha value is -0.900. The van der Waals surface area contributed by atoms with Crippen LogP contribution in [0.25, 0.3) is 0 Å². The quantitative estimate of drug-likeness (QED) is 0.596. The highest BCUT2D eigenvalue weighted by Crippen LogP contribution is 2.05. The number of Topliss-reactive ketones (excluding diaryl/α,β-unsaturated/α-hetero) is 1. The zero-order chi connectivity index (χ0) is 13.1. The smallest absolute Gasteiger partial charge is 0.220 e. The van der Waals surface area contributed by atoms with Crippen LogP contribution >= 0.6 is 0 Å². The summed E-state index contributed by atoms with van der Waals surface area (Å²) in [6, 6.07) is 0. The van der Waals surface area contributed by atoms with E-state index in [-0.39, 0.29) is 18.3 Å². The predicted octanol–water partition coefficient (Wildman–Crippen LogP) is 1.92. The van der Waals surface area contributed by atoms with E-state index in [4.69, 9.17) is 4.74 Å². The maximum atomic E-state index is 11.3. The van der Waals surface area contributed by atoms with Crippen LogP contribution in [0.3, 0.4) is 0 Å². The number of ether oxygens (including phenoxy) is 1. The van der Waals surface area contributed by atoms with Gasteiger partial charge in [-0.05, 0) is 12.3 Å². The highest BCUT2D eigenvalue weighted by molar-refractivity contribution is 5.79. The molecule has 0 radical (unpaired) electrons. The van der Waals surface area contributed by atoms with Crippen molar-refractivity contribution in [2.24, 2.45) is 5.92 Å². The van der Waals surface area contributed by atoms with Gasteiger partial charge in [0.25, 0.3) is 0 Å². The van der Waals surface area contributed by atoms with Crippen molar-refractivity contribution in [3.8, 4) is 0 Å². The first kappa shape index (κ1) is 16.1. The molecule has 0 aromatic heterocycles. The minimum Gasteiger partial charge on any atom is -0.372 e. The fourth-order valence-electron chi connectivity index (χ4n) is 1.31. The largest absolute Gasteiger partial charge is 0.372 e. The highest BCUT2D eigenvalue weighted by Gasteiger charge is 2.02. The Morgan fingerprint density at radius 3 is 2.59 bits per heavy atom. The number of carbonyl (C=O) groups excluding carboxylic acids is 2. The number of ketones is 1. The van der Waals surface area contributed by atoms with Crippen LogP contribution in [0.15, 0.2) is 0 Å². The molecule has 0 aromatic carbocycles. The molecule has 0 unspecified atom stereocenters. The third kappa shape index (κ3) is 11.4. The van der Waals surface area contributed by atoms with Crippen molar-refractivity contribution in [3.63, 3.8) is 0 Å². The maximum Gasteiger partial charge on any atom is 0.220 e. The van der Waals surface area contributed by atoms with Crippen molar-refractivity contribution in [1.29, 1.82) is 0 Å². The summed E-state index contributed by atoms with van der Waals surface area (Å²) in [5, 5.41) is 2.77. The first-order valence-electron chi connectivity index (χ1n) is 6.42. The van der Waals surface area contributed by atoms with Crippen molar-refractivity contribution in [2.75, 3.05) is 19.8 Å². The zero-order valence-corrected chi connectivity index (χ0v) is 11.3. The van der Waals surface area contributed by atoms with Crippen LogP contribution < -0.4 is 5.32 Å². The lowest BCUT2D eigenvalue weighted by atomic mass is 10.1. The lowest BCUT2D eigenvalue weighted by Crippen LogP contribution is -2.27. The molecule has 17 heavy (non-hydrogen) atoms. The summed E-state index contributed by atoms with van der Waals surface area (Å²) in [6.45, 7) is 7.15. The number of rotatable bonds is 10. The topological polar surface area (TPSA) is 55.4 Å². The molecule has 1 amide bonds. The molecule has 0 spiro atoms. The molecule has 0 aromatic rings. The normalized spacial score (nSPS) is 10.6. The van der Waals surface area contributed by atoms with Crippen molar-refractivity contribution < 1.29 is 14.3 Å². The molecule has 0 fully saturated rings. The lowest BCUT2D eigenvalue weighted by Gasteiger charge is -2.06. The molecule has 0 saturated heterocycles. The number of nitrogens with one attached hydrogen (secondary N) is 1. The third-order valence-corrected chi connectivity index (χ3v) is 2.41. The van der Waals surface area contributed by atoms with Crippen LogP contribution in [-0.2, 0) is 14.3 Å². The molecule has 0 heterocycles. The van der Waals surface area contributed by atoms with Crippen LogP contribution in [0.5, 0.6) is 0 Å². The van der Waals surface area contributed by atoms with E-state index in [1.54, 1.807) is 0 Å². The Kier molecular flexibility index (Phi) is 9.72. The molecular formula is C13H25NO3. The molecule has 0 bridgehead atoms. The van der Waals surface area contributed by atoms with E-state index < -0.39 is 0 Å². The van der Waals surface area contributed by atoms with E-state index in [2.05, 4.69) is 19.2 Å². The average molecular weight is 243 g/mol. The summed E-state index contributed by atoms with van der Waals surface area (Å²) in [6.07, 6.45) is 3.08. The van der Waals surface area contributed by atoms with Crippen molar-refractivity contribution in [1.82, 2.24) is 5.32 Å². The first-order chi connectivity index (χ1) is 8.06. The zero-order valence-electron chi connectivity index (χ0n) is 11.3. The maximum absolute atomic E-state index is 11.3. The van der Waals surface area contributed by atoms with E-state index in [1.807, 2.05) is 6.92 Å². The fourth-order valence-corrected chi connectivity index (χ4v) is 1.31. The van der Waals surface area contributed by atoms with Gasteiger partial charge in [0.05, 0.1) is 6.61 Å². The molecule has 1 N–H and O–H groups in total. The standard InChI is InChI=1S/C13H25NO3/c1-4-12(15)10-17-9-8-14-13(16)7-5-6-11(2)3/h11H,4-10H2,1-3H3,(H,14,16). The monoisotopic (exact) mass is 243 g/mol. The molecule has 0 rings (SSSR count). The Labute approximate surface area is 104 Å². The van der Waals surface area contributed by atoms with Crippen molar-refractivity contribution in [3.05, 3.63) is 0 Å². The molecule has 4 nitrogen and oxygen atoms in total. The van der Waals surface area contributed by atoms with Gasteiger partial charge in [0.2, 0.25) is 5.91 Å². The van der Waals surface area contributed by atoms with E-state index in [1.165, 1.54) is 0 Å². The second kappa shape index (κ2) is 10.3. The Bertz CT molecular complexity index is 227. The Balaban J connectivity index is 3.30. The first-order valence-corrected chi connectivity index (χ1v) is 6.42. The minimum absolute atomic E-state index is 0.0658. The van der Waals surface area contributed by atoms with E-state index in [9.17, 15) is 9.59 Å². The van der Waals surface area contributed by atoms with Gasteiger partial charge in [0.1, 0.15) is 6.61 Å². The molecule has 0 atom stereocenters. The number of carbonyl (C=O) groups is 2. The Morgan fingerprint density at radius 1 is 1.29 bits per heavy atom. The van der Waals surface area contributed by atoms with E-state index >= 15 is 0 Å². The fraction of sp³-hybridized carbons (Fsp3) is 0.846. The molecule has 0 aliphatic heterocycles. The van der Waals surface area contributed by atoms with Gasteiger partial charge in [0.15, 0.2) is 5.78 Å². The van der Waals surface area contributed by atoms with Gasteiger partial charge in [-0.25, -0.2) is 0 Å². The molecular weight excluding hydrogens is 218 g/mol. The van der Waals surface area contributed by atoms with Gasteiger partial charge in [0, 0.05) is 19.4 Å². The second-order valence-corrected chi connectivity index (χ2v) is 4.58. The van der Waals surface area contributed by atoms with Crippen molar-refractivity contribution >= 4 is 11.7 Å². The van der Waals surface area contributed by atoms with Gasteiger partial charge >= 0.3 is 0 Å². The molecule has 0 aliphatic carbocycles. The van der Waals surface area contributed by atoms with Crippen molar-refractivity contribution in [2.45, 2.75) is 46.5 Å². The predicted molar refractivity (Wildman–Crippen MR) is 67.8 cm³/mol. The highest BCUT2D eigenvalue weighted by atomic mass is 16.5. The lowest BCUT2D eigenvalue weighted by molar-refractivity contribution is -0.123. The van der Waals surface area contributed by atoms with Crippen LogP contribution in [0.2, 0.25) is 0 Å². The van der Waals surface area contributed by atoms with Gasteiger partial charge in [-0.15, -0.1) is 0 Å². The van der Waals surface area contributed by atoms with Crippen LogP contribution in [0.4, 0.5) is 0 Å². The van der Waals surface area contributed by atoms with Gasteiger partial charge in [-0.2, -0.15) is 0 Å². The minimum atomic E-state index is 0.0658. The number of hydrogen-bond acceptors (Lipinski definition) is 3. The Morgan fingerprint density at radius 2 is 2.00 bits per heavy atom. The second-order valence-electron chi connectivity index (χ2n) is 4.58. The summed E-state index contributed by atoms with van der Waals surface area (Å²) in [7, 11) is 0. The van der Waals surface area contributed by atoms with Crippen LogP contribution in [-0.4, -0.2) is 31.4 Å². The van der Waals surface area contributed by atoms with Gasteiger partial charge < -0.3 is 10.1 Å². The molecule has 0 saturated carbocycles. The summed E-state index contributed by atoms with van der Waals surface area (Å²) in [4.78, 5) is 22.2. The van der Waals surface area contributed by atoms with E-state index in [0.717, 1.165) is 12.8 Å². The number of hydrogen-bond donors (Lipinski definition) is 1. The van der Waals surface area contributed by atoms with E-state index in [0.29, 0.717) is 31.9 Å². The average Bonchev–Trinajstić information content (AvgIpc) is 2.27. The summed E-state index contributed by atoms with van der Waals surface area (Å²) in [5.41, 5.74) is 0.